The van der Waals surface area contributed by atoms with Crippen molar-refractivity contribution in [2.45, 2.75) is 51.5 Å². The van der Waals surface area contributed by atoms with E-state index in [1.54, 1.807) is 0 Å². The summed E-state index contributed by atoms with van der Waals surface area (Å²) in [5.41, 5.74) is 0. The van der Waals surface area contributed by atoms with Gasteiger partial charge in [0.1, 0.15) is 0 Å². The first-order valence-electron chi connectivity index (χ1n) is 6.08. The molecule has 4 heteroatoms. The van der Waals surface area contributed by atoms with Gasteiger partial charge >= 0.3 is 0 Å². The Bertz CT molecular complexity index is 291. The lowest BCUT2D eigenvalue weighted by Gasteiger charge is -2.14. The van der Waals surface area contributed by atoms with Crippen LogP contribution < -0.4 is 5.32 Å². The molecule has 92 valence electrons. The van der Waals surface area contributed by atoms with Crippen molar-refractivity contribution >= 4 is 5.91 Å². The number of hydrogen-bond donors (Lipinski definition) is 1. The summed E-state index contributed by atoms with van der Waals surface area (Å²) in [7, 11) is 0. The highest BCUT2D eigenvalue weighted by Crippen LogP contribution is 2.42. The van der Waals surface area contributed by atoms with Crippen molar-refractivity contribution < 1.29 is 13.6 Å². The molecule has 0 aromatic carbocycles. The Morgan fingerprint density at radius 1 is 1.38 bits per heavy atom. The fourth-order valence-electron chi connectivity index (χ4n) is 2.52. The van der Waals surface area contributed by atoms with Crippen LogP contribution in [0.5, 0.6) is 0 Å². The number of rotatable bonds is 3. The zero-order chi connectivity index (χ0) is 11.9. The third-order valence-electron chi connectivity index (χ3n) is 3.93. The van der Waals surface area contributed by atoms with Crippen molar-refractivity contribution in [1.82, 2.24) is 5.32 Å². The van der Waals surface area contributed by atoms with Gasteiger partial charge in [-0.2, -0.15) is 0 Å². The van der Waals surface area contributed by atoms with Gasteiger partial charge in [-0.15, -0.1) is 0 Å². The molecule has 0 heterocycles. The summed E-state index contributed by atoms with van der Waals surface area (Å²) in [6.07, 6.45) is 2.59. The van der Waals surface area contributed by atoms with Crippen molar-refractivity contribution in [3.05, 3.63) is 0 Å². The second-order valence-corrected chi connectivity index (χ2v) is 5.54. The fraction of sp³-hybridized carbons (Fsp3) is 0.917. The third-order valence-corrected chi connectivity index (χ3v) is 3.93. The van der Waals surface area contributed by atoms with Gasteiger partial charge in [-0.25, -0.2) is 8.78 Å². The molecular formula is C12H19F2NO. The number of carbonyl (C=O) groups is 1. The summed E-state index contributed by atoms with van der Waals surface area (Å²) < 4.78 is 25.3. The maximum atomic E-state index is 12.6. The van der Waals surface area contributed by atoms with Crippen LogP contribution in [0, 0.1) is 17.8 Å². The van der Waals surface area contributed by atoms with Crippen LogP contribution in [-0.2, 0) is 4.79 Å². The van der Waals surface area contributed by atoms with E-state index in [0.717, 1.165) is 19.3 Å². The molecule has 2 aliphatic rings. The van der Waals surface area contributed by atoms with Crippen LogP contribution in [0.15, 0.2) is 0 Å². The Morgan fingerprint density at radius 3 is 2.44 bits per heavy atom. The van der Waals surface area contributed by atoms with Crippen molar-refractivity contribution in [2.75, 3.05) is 0 Å². The maximum absolute atomic E-state index is 12.6. The maximum Gasteiger partial charge on any atom is 0.270 e. The van der Waals surface area contributed by atoms with Crippen LogP contribution in [-0.4, -0.2) is 17.9 Å². The third kappa shape index (κ3) is 2.36. The van der Waals surface area contributed by atoms with Gasteiger partial charge in [0.15, 0.2) is 0 Å². The van der Waals surface area contributed by atoms with Gasteiger partial charge in [-0.05, 0) is 31.1 Å². The lowest BCUT2D eigenvalue weighted by atomic mass is 9.93. The van der Waals surface area contributed by atoms with Crippen molar-refractivity contribution in [3.63, 3.8) is 0 Å². The molecule has 2 rings (SSSR count). The van der Waals surface area contributed by atoms with Crippen LogP contribution in [0.3, 0.4) is 0 Å². The fourth-order valence-corrected chi connectivity index (χ4v) is 2.52. The van der Waals surface area contributed by atoms with Gasteiger partial charge < -0.3 is 5.32 Å². The number of nitrogens with one attached hydrogen (secondary N) is 1. The van der Waals surface area contributed by atoms with Gasteiger partial charge in [0.25, 0.3) is 5.92 Å². The topological polar surface area (TPSA) is 29.1 Å². The molecule has 3 atom stereocenters. The van der Waals surface area contributed by atoms with E-state index in [1.807, 2.05) is 0 Å². The molecule has 1 N–H and O–H groups in total. The molecule has 2 fully saturated rings. The highest BCUT2D eigenvalue weighted by Gasteiger charge is 2.58. The van der Waals surface area contributed by atoms with E-state index < -0.39 is 12.0 Å². The standard InChI is InChI=1S/C12H19F2NO/c1-7(2)8-3-4-9(5-8)11(16)15-10-6-12(10,13)14/h7-10H,3-6H2,1-2H3,(H,15,16). The summed E-state index contributed by atoms with van der Waals surface area (Å²) in [5, 5.41) is 2.46. The molecule has 3 unspecified atom stereocenters. The molecule has 0 bridgehead atoms. The molecule has 16 heavy (non-hydrogen) atoms. The minimum atomic E-state index is -2.65. The quantitative estimate of drug-likeness (QED) is 0.794. The van der Waals surface area contributed by atoms with Crippen LogP contribution in [0.2, 0.25) is 0 Å². The van der Waals surface area contributed by atoms with Gasteiger partial charge in [0, 0.05) is 12.3 Å². The first-order valence-corrected chi connectivity index (χ1v) is 6.08. The Kier molecular flexibility index (Phi) is 2.93. The van der Waals surface area contributed by atoms with Crippen molar-refractivity contribution in [2.24, 2.45) is 17.8 Å². The second kappa shape index (κ2) is 3.97. The molecular weight excluding hydrogens is 212 g/mol. The molecule has 0 radical (unpaired) electrons. The Hall–Kier alpha value is -0.670. The average molecular weight is 231 g/mol. The van der Waals surface area contributed by atoms with Crippen molar-refractivity contribution in [1.29, 1.82) is 0 Å². The number of carbonyl (C=O) groups excluding carboxylic acids is 1. The zero-order valence-electron chi connectivity index (χ0n) is 9.80. The number of halogens is 2. The Labute approximate surface area is 94.8 Å². The van der Waals surface area contributed by atoms with E-state index in [1.165, 1.54) is 0 Å². The molecule has 0 spiro atoms. The molecule has 0 saturated heterocycles. The summed E-state index contributed by atoms with van der Waals surface area (Å²) in [5.74, 6) is -1.68. The highest BCUT2D eigenvalue weighted by molar-refractivity contribution is 5.79. The van der Waals surface area contributed by atoms with Gasteiger partial charge in [-0.3, -0.25) is 4.79 Å². The van der Waals surface area contributed by atoms with E-state index >= 15 is 0 Å². The lowest BCUT2D eigenvalue weighted by molar-refractivity contribution is -0.125. The number of amides is 1. The normalized spacial score (nSPS) is 36.4. The molecule has 1 amide bonds. The molecule has 2 aliphatic carbocycles. The Balaban J connectivity index is 1.79. The number of alkyl halides is 2. The summed E-state index contributed by atoms with van der Waals surface area (Å²) in [6, 6.07) is -0.891. The monoisotopic (exact) mass is 231 g/mol. The van der Waals surface area contributed by atoms with Crippen LogP contribution >= 0.6 is 0 Å². The zero-order valence-corrected chi connectivity index (χ0v) is 9.80. The van der Waals surface area contributed by atoms with E-state index in [0.29, 0.717) is 11.8 Å². The van der Waals surface area contributed by atoms with Gasteiger partial charge in [0.2, 0.25) is 5.91 Å². The van der Waals surface area contributed by atoms with E-state index in [9.17, 15) is 13.6 Å². The van der Waals surface area contributed by atoms with Gasteiger partial charge in [0.05, 0.1) is 6.04 Å². The number of hydrogen-bond acceptors (Lipinski definition) is 1. The minimum Gasteiger partial charge on any atom is -0.347 e. The minimum absolute atomic E-state index is 0.0381. The van der Waals surface area contributed by atoms with Crippen molar-refractivity contribution in [3.8, 4) is 0 Å². The second-order valence-electron chi connectivity index (χ2n) is 5.54. The first kappa shape index (κ1) is 11.8. The lowest BCUT2D eigenvalue weighted by Crippen LogP contribution is -2.34. The largest absolute Gasteiger partial charge is 0.347 e. The van der Waals surface area contributed by atoms with Crippen LogP contribution in [0.4, 0.5) is 8.78 Å². The van der Waals surface area contributed by atoms with Crippen LogP contribution in [0.25, 0.3) is 0 Å². The Morgan fingerprint density at radius 2 is 2.00 bits per heavy atom. The average Bonchev–Trinajstić information content (AvgIpc) is 2.68. The smallest absolute Gasteiger partial charge is 0.270 e. The molecule has 2 nitrogen and oxygen atoms in total. The van der Waals surface area contributed by atoms with E-state index in [4.69, 9.17) is 0 Å². The van der Waals surface area contributed by atoms with Gasteiger partial charge in [-0.1, -0.05) is 13.8 Å². The highest BCUT2D eigenvalue weighted by atomic mass is 19.3. The molecule has 0 aliphatic heterocycles. The first-order chi connectivity index (χ1) is 7.40. The van der Waals surface area contributed by atoms with Crippen LogP contribution in [0.1, 0.15) is 39.5 Å². The predicted molar refractivity (Wildman–Crippen MR) is 57.2 cm³/mol. The summed E-state index contributed by atoms with van der Waals surface area (Å²) in [6.45, 7) is 4.31. The molecule has 0 aromatic rings. The summed E-state index contributed by atoms with van der Waals surface area (Å²) >= 11 is 0. The molecule has 0 aromatic heterocycles. The van der Waals surface area contributed by atoms with E-state index in [2.05, 4.69) is 19.2 Å². The predicted octanol–water partition coefficient (Wildman–Crippen LogP) is 2.58. The summed E-state index contributed by atoms with van der Waals surface area (Å²) in [4.78, 5) is 11.7. The van der Waals surface area contributed by atoms with E-state index in [-0.39, 0.29) is 18.2 Å². The molecule has 2 saturated carbocycles. The SMILES string of the molecule is CC(C)C1CCC(C(=O)NC2CC2(F)F)C1.